The van der Waals surface area contributed by atoms with Gasteiger partial charge in [0, 0.05) is 48.6 Å². The second-order valence-electron chi connectivity index (χ2n) is 13.3. The number of thiazole rings is 1. The first-order chi connectivity index (χ1) is 20.8. The summed E-state index contributed by atoms with van der Waals surface area (Å²) in [4.78, 5) is 34.8. The number of piperidine rings is 1. The molecule has 7 rings (SSSR count). The summed E-state index contributed by atoms with van der Waals surface area (Å²) in [5.41, 5.74) is 5.43. The van der Waals surface area contributed by atoms with Crippen LogP contribution in [0, 0.1) is 36.5 Å². The molecule has 226 valence electrons. The number of hydrogen-bond acceptors (Lipinski definition) is 6. The van der Waals surface area contributed by atoms with E-state index in [0.717, 1.165) is 96.3 Å². The van der Waals surface area contributed by atoms with E-state index in [1.54, 1.807) is 11.3 Å². The summed E-state index contributed by atoms with van der Waals surface area (Å²) in [5, 5.41) is 13.3. The molecular weight excluding hydrogens is 558 g/mol. The SMILES string of the molecule is CCC1(C(=O)O)C2CCC23CN(c2nc(-c4cc(C)ccc4OCc4ccc(C(=O)N5CCCCC5)cc4C)cs2)CC31. The van der Waals surface area contributed by atoms with Gasteiger partial charge in [-0.1, -0.05) is 24.6 Å². The van der Waals surface area contributed by atoms with E-state index in [2.05, 4.69) is 29.3 Å². The third-order valence-electron chi connectivity index (χ3n) is 11.2. The number of carbonyl (C=O) groups excluding carboxylic acids is 1. The van der Waals surface area contributed by atoms with Gasteiger partial charge in [0.25, 0.3) is 5.91 Å². The van der Waals surface area contributed by atoms with Crippen LogP contribution in [0.25, 0.3) is 11.3 Å². The van der Waals surface area contributed by atoms with Crippen LogP contribution in [0.15, 0.2) is 41.8 Å². The molecule has 4 unspecified atom stereocenters. The van der Waals surface area contributed by atoms with Gasteiger partial charge in [-0.25, -0.2) is 4.98 Å². The van der Waals surface area contributed by atoms with Crippen molar-refractivity contribution in [2.75, 3.05) is 31.1 Å². The number of rotatable bonds is 8. The van der Waals surface area contributed by atoms with E-state index in [4.69, 9.17) is 9.72 Å². The highest BCUT2D eigenvalue weighted by Crippen LogP contribution is 2.77. The number of aryl methyl sites for hydroxylation is 2. The lowest BCUT2D eigenvalue weighted by molar-refractivity contribution is -0.246. The topological polar surface area (TPSA) is 83.0 Å². The summed E-state index contributed by atoms with van der Waals surface area (Å²) in [7, 11) is 0. The van der Waals surface area contributed by atoms with Gasteiger partial charge in [0.2, 0.25) is 0 Å². The lowest BCUT2D eigenvalue weighted by Gasteiger charge is -2.70. The molecule has 0 bridgehead atoms. The maximum absolute atomic E-state index is 13.0. The summed E-state index contributed by atoms with van der Waals surface area (Å²) in [6, 6.07) is 12.1. The molecule has 0 radical (unpaired) electrons. The van der Waals surface area contributed by atoms with Gasteiger partial charge in [-0.2, -0.15) is 0 Å². The number of benzene rings is 2. The molecule has 3 heterocycles. The van der Waals surface area contributed by atoms with Gasteiger partial charge in [-0.05, 0) is 99.1 Å². The summed E-state index contributed by atoms with van der Waals surface area (Å²) in [6.45, 7) is 9.95. The molecule has 2 saturated carbocycles. The van der Waals surface area contributed by atoms with E-state index in [1.165, 1.54) is 6.42 Å². The predicted molar refractivity (Wildman–Crippen MR) is 169 cm³/mol. The van der Waals surface area contributed by atoms with Crippen molar-refractivity contribution in [1.29, 1.82) is 0 Å². The first-order valence-electron chi connectivity index (χ1n) is 15.8. The zero-order valence-electron chi connectivity index (χ0n) is 25.4. The summed E-state index contributed by atoms with van der Waals surface area (Å²) < 4.78 is 6.41. The zero-order chi connectivity index (χ0) is 29.9. The highest BCUT2D eigenvalue weighted by Gasteiger charge is 2.79. The first-order valence-corrected chi connectivity index (χ1v) is 16.7. The second kappa shape index (κ2) is 10.7. The monoisotopic (exact) mass is 599 g/mol. The van der Waals surface area contributed by atoms with Gasteiger partial charge in [-0.3, -0.25) is 9.59 Å². The number of carbonyl (C=O) groups is 2. The summed E-state index contributed by atoms with van der Waals surface area (Å²) >= 11 is 1.64. The number of likely N-dealkylation sites (tertiary alicyclic amines) is 1. The summed E-state index contributed by atoms with van der Waals surface area (Å²) in [5.74, 6) is 0.801. The Labute approximate surface area is 257 Å². The molecule has 3 aromatic rings. The average molecular weight is 600 g/mol. The maximum Gasteiger partial charge on any atom is 0.310 e. The lowest BCUT2D eigenvalue weighted by atomic mass is 9.31. The number of carboxylic acids is 1. The predicted octanol–water partition coefficient (Wildman–Crippen LogP) is 6.96. The Morgan fingerprint density at radius 2 is 1.91 bits per heavy atom. The van der Waals surface area contributed by atoms with Crippen molar-refractivity contribution in [3.05, 3.63) is 64.0 Å². The zero-order valence-corrected chi connectivity index (χ0v) is 26.2. The van der Waals surface area contributed by atoms with E-state index >= 15 is 0 Å². The number of carboxylic acid groups (broad SMARTS) is 1. The average Bonchev–Trinajstić information content (AvgIpc) is 3.65. The van der Waals surface area contributed by atoms with Gasteiger partial charge in [0.05, 0.1) is 11.1 Å². The molecule has 4 aliphatic rings. The Bertz CT molecular complexity index is 1580. The number of aliphatic carboxylic acids is 1. The van der Waals surface area contributed by atoms with E-state index in [9.17, 15) is 14.7 Å². The van der Waals surface area contributed by atoms with Crippen molar-refractivity contribution in [3.8, 4) is 17.0 Å². The third kappa shape index (κ3) is 4.39. The number of ether oxygens (including phenoxy) is 1. The third-order valence-corrected chi connectivity index (χ3v) is 12.1. The van der Waals surface area contributed by atoms with Crippen LogP contribution in [0.2, 0.25) is 0 Å². The van der Waals surface area contributed by atoms with E-state index in [-0.39, 0.29) is 17.2 Å². The van der Waals surface area contributed by atoms with Crippen molar-refractivity contribution in [2.45, 2.75) is 65.9 Å². The highest BCUT2D eigenvalue weighted by molar-refractivity contribution is 7.14. The summed E-state index contributed by atoms with van der Waals surface area (Å²) in [6.07, 6.45) is 6.25. The Hall–Kier alpha value is -3.39. The molecule has 2 aliphatic carbocycles. The number of amides is 1. The van der Waals surface area contributed by atoms with Crippen LogP contribution in [0.5, 0.6) is 5.75 Å². The molecule has 4 atom stereocenters. The molecular formula is C35H41N3O4S. The number of anilines is 1. The van der Waals surface area contributed by atoms with Gasteiger partial charge in [0.15, 0.2) is 5.13 Å². The molecule has 2 aromatic carbocycles. The molecule has 4 fully saturated rings. The van der Waals surface area contributed by atoms with Crippen molar-refractivity contribution >= 4 is 28.3 Å². The molecule has 8 heteroatoms. The van der Waals surface area contributed by atoms with Crippen LogP contribution in [-0.4, -0.2) is 53.0 Å². The molecule has 1 spiro atoms. The van der Waals surface area contributed by atoms with Crippen LogP contribution >= 0.6 is 11.3 Å². The highest BCUT2D eigenvalue weighted by atomic mass is 32.1. The quantitative estimate of drug-likeness (QED) is 0.302. The molecule has 1 N–H and O–H groups in total. The van der Waals surface area contributed by atoms with Crippen molar-refractivity contribution in [3.63, 3.8) is 0 Å². The molecule has 1 aromatic heterocycles. The van der Waals surface area contributed by atoms with Crippen LogP contribution in [0.3, 0.4) is 0 Å². The molecule has 43 heavy (non-hydrogen) atoms. The van der Waals surface area contributed by atoms with E-state index in [0.29, 0.717) is 18.9 Å². The maximum atomic E-state index is 13.0. The van der Waals surface area contributed by atoms with E-state index in [1.807, 2.05) is 43.0 Å². The van der Waals surface area contributed by atoms with Crippen LogP contribution in [0.4, 0.5) is 5.13 Å². The van der Waals surface area contributed by atoms with Gasteiger partial charge in [-0.15, -0.1) is 11.3 Å². The normalized spacial score (nSPS) is 27.6. The number of aromatic nitrogens is 1. The van der Waals surface area contributed by atoms with E-state index < -0.39 is 11.4 Å². The Morgan fingerprint density at radius 1 is 1.09 bits per heavy atom. The lowest BCUT2D eigenvalue weighted by Crippen LogP contribution is -2.72. The van der Waals surface area contributed by atoms with Gasteiger partial charge >= 0.3 is 5.97 Å². The smallest absolute Gasteiger partial charge is 0.310 e. The van der Waals surface area contributed by atoms with Gasteiger partial charge < -0.3 is 19.6 Å². The Morgan fingerprint density at radius 3 is 2.60 bits per heavy atom. The van der Waals surface area contributed by atoms with Crippen LogP contribution < -0.4 is 9.64 Å². The minimum absolute atomic E-state index is 0.122. The first kappa shape index (κ1) is 28.4. The van der Waals surface area contributed by atoms with Crippen molar-refractivity contribution in [2.24, 2.45) is 22.7 Å². The Balaban J connectivity index is 1.07. The molecule has 2 aliphatic heterocycles. The molecule has 7 nitrogen and oxygen atoms in total. The fraction of sp³-hybridized carbons (Fsp3) is 0.514. The van der Waals surface area contributed by atoms with Crippen molar-refractivity contribution < 1.29 is 19.4 Å². The van der Waals surface area contributed by atoms with Gasteiger partial charge in [0.1, 0.15) is 12.4 Å². The van der Waals surface area contributed by atoms with Crippen LogP contribution in [0.1, 0.15) is 72.5 Å². The standard InChI is InChI=1S/C35H41N3O4S/c1-4-35(32(40)41)29-12-13-34(29)21-38(18-30(34)35)33-36-27(20-43-33)26-16-22(2)8-11-28(26)42-19-25-10-9-24(17-23(25)3)31(39)37-14-6-5-7-15-37/h8-11,16-17,20,29-30H,4-7,12-15,18-19,21H2,1-3H3,(H,40,41). The molecule has 1 amide bonds. The fourth-order valence-corrected chi connectivity index (χ4v) is 9.64. The fourth-order valence-electron chi connectivity index (χ4n) is 8.81. The largest absolute Gasteiger partial charge is 0.488 e. The molecule has 2 saturated heterocycles. The van der Waals surface area contributed by atoms with Crippen LogP contribution in [-0.2, 0) is 11.4 Å². The Kier molecular flexibility index (Phi) is 7.03. The number of hydrogen-bond donors (Lipinski definition) is 1. The minimum atomic E-state index is -0.609. The van der Waals surface area contributed by atoms with Crippen molar-refractivity contribution in [1.82, 2.24) is 9.88 Å². The minimum Gasteiger partial charge on any atom is -0.488 e. The number of nitrogens with zero attached hydrogens (tertiary/aromatic N) is 3. The second-order valence-corrected chi connectivity index (χ2v) is 14.1.